The summed E-state index contributed by atoms with van der Waals surface area (Å²) in [4.78, 5) is 7.26. The van der Waals surface area contributed by atoms with Crippen LogP contribution >= 0.6 is 34.8 Å². The number of nitrogens with zero attached hydrogens (tertiary/aromatic N) is 1. The van der Waals surface area contributed by atoms with Gasteiger partial charge in [0.2, 0.25) is 3.79 Å². The molecule has 1 aromatic heterocycles. The summed E-state index contributed by atoms with van der Waals surface area (Å²) in [6.07, 6.45) is 12.5. The van der Waals surface area contributed by atoms with E-state index in [0.29, 0.717) is 5.82 Å². The fraction of sp³-hybridized carbons (Fsp3) is 0.182. The lowest BCUT2D eigenvalue weighted by Gasteiger charge is -2.04. The number of allylic oxidation sites excluding steroid dienone is 4. The Bertz CT molecular complexity index is 547. The molecule has 0 aromatic carbocycles. The maximum Gasteiger partial charge on any atom is 0.248 e. The third-order valence-corrected chi connectivity index (χ3v) is 2.64. The molecule has 0 bridgehead atoms. The molecule has 0 amide bonds. The highest BCUT2D eigenvalue weighted by molar-refractivity contribution is 6.66. The number of nitrogens with one attached hydrogen (secondary N) is 1. The fourth-order valence-electron chi connectivity index (χ4n) is 1.37. The topological polar surface area (TPSA) is 28.7 Å². The minimum Gasteiger partial charge on any atom is -0.338 e. The highest BCUT2D eigenvalue weighted by atomic mass is 35.6. The van der Waals surface area contributed by atoms with Crippen molar-refractivity contribution in [2.75, 3.05) is 0 Å². The first kappa shape index (κ1) is 11.8. The summed E-state index contributed by atoms with van der Waals surface area (Å²) in [5.74, 6) is 0.341. The Kier molecular flexibility index (Phi) is 3.43. The lowest BCUT2D eigenvalue weighted by atomic mass is 10.3. The molecule has 0 atom stereocenters. The first-order valence-corrected chi connectivity index (χ1v) is 5.88. The van der Waals surface area contributed by atoms with Gasteiger partial charge in [-0.1, -0.05) is 65.2 Å². The van der Waals surface area contributed by atoms with E-state index in [4.69, 9.17) is 34.8 Å². The standard InChI is InChI=1S/C11H9Cl3N2/c12-11(13,14)10-15-8-6-4-2-1-3-5-7-9(8)16-10/h1-4,6-7H,5H2,(H,15,16)/b3-1-,4-2-,8-6+,9-7+. The van der Waals surface area contributed by atoms with E-state index >= 15 is 0 Å². The molecule has 84 valence electrons. The largest absolute Gasteiger partial charge is 0.338 e. The van der Waals surface area contributed by atoms with Gasteiger partial charge in [0.15, 0.2) is 5.82 Å². The van der Waals surface area contributed by atoms with Gasteiger partial charge in [0, 0.05) is 0 Å². The van der Waals surface area contributed by atoms with Crippen LogP contribution in [-0.4, -0.2) is 9.97 Å². The molecule has 2 rings (SSSR count). The van der Waals surface area contributed by atoms with Crippen LogP contribution in [0, 0.1) is 0 Å². The van der Waals surface area contributed by atoms with Crippen LogP contribution in [0.2, 0.25) is 0 Å². The van der Waals surface area contributed by atoms with Gasteiger partial charge in [-0.3, -0.25) is 0 Å². The zero-order valence-electron chi connectivity index (χ0n) is 8.25. The fourth-order valence-corrected chi connectivity index (χ4v) is 1.64. The van der Waals surface area contributed by atoms with E-state index in [1.165, 1.54) is 0 Å². The molecule has 0 aliphatic heterocycles. The van der Waals surface area contributed by atoms with Crippen molar-refractivity contribution >= 4 is 47.0 Å². The number of H-pyrrole nitrogens is 1. The first-order valence-electron chi connectivity index (χ1n) is 4.74. The Labute approximate surface area is 108 Å². The number of rotatable bonds is 0. The van der Waals surface area contributed by atoms with Crippen LogP contribution in [-0.2, 0) is 3.79 Å². The highest BCUT2D eigenvalue weighted by Crippen LogP contribution is 2.34. The Balaban J connectivity index is 2.60. The van der Waals surface area contributed by atoms with E-state index < -0.39 is 3.79 Å². The SMILES string of the molecule is ClC(Cl)(Cl)c1nc2/c([nH]1)=C\C=C/C=C\C\C=2. The second-order valence-corrected chi connectivity index (χ2v) is 5.58. The summed E-state index contributed by atoms with van der Waals surface area (Å²) in [5.41, 5.74) is 0. The van der Waals surface area contributed by atoms with Gasteiger partial charge >= 0.3 is 0 Å². The van der Waals surface area contributed by atoms with Crippen molar-refractivity contribution in [3.63, 3.8) is 0 Å². The summed E-state index contributed by atoms with van der Waals surface area (Å²) in [5, 5.41) is 1.65. The zero-order valence-corrected chi connectivity index (χ0v) is 10.5. The van der Waals surface area contributed by atoms with Crippen LogP contribution in [0.1, 0.15) is 12.2 Å². The average molecular weight is 276 g/mol. The lowest BCUT2D eigenvalue weighted by Crippen LogP contribution is -2.23. The van der Waals surface area contributed by atoms with Crippen molar-refractivity contribution < 1.29 is 0 Å². The number of fused-ring (bicyclic) bond motifs is 1. The minimum absolute atomic E-state index is 0.341. The molecule has 0 saturated heterocycles. The average Bonchev–Trinajstić information content (AvgIpc) is 2.60. The number of alkyl halides is 3. The lowest BCUT2D eigenvalue weighted by molar-refractivity contribution is 1.02. The minimum atomic E-state index is -1.52. The predicted octanol–water partition coefficient (Wildman–Crippen LogP) is 2.31. The van der Waals surface area contributed by atoms with E-state index in [1.54, 1.807) is 0 Å². The Morgan fingerprint density at radius 1 is 1.19 bits per heavy atom. The molecule has 0 unspecified atom stereocenters. The molecule has 1 aromatic rings. The van der Waals surface area contributed by atoms with Crippen LogP contribution in [0.4, 0.5) is 0 Å². The summed E-state index contributed by atoms with van der Waals surface area (Å²) in [6, 6.07) is 0. The second kappa shape index (κ2) is 4.66. The normalized spacial score (nSPS) is 23.7. The number of aromatic amines is 1. The molecule has 0 saturated carbocycles. The van der Waals surface area contributed by atoms with E-state index in [-0.39, 0.29) is 0 Å². The van der Waals surface area contributed by atoms with Crippen LogP contribution in [0.25, 0.3) is 12.2 Å². The molecule has 2 nitrogen and oxygen atoms in total. The van der Waals surface area contributed by atoms with Crippen molar-refractivity contribution in [1.82, 2.24) is 9.97 Å². The molecule has 1 aliphatic rings. The summed E-state index contributed by atoms with van der Waals surface area (Å²) in [6.45, 7) is 0. The van der Waals surface area contributed by atoms with E-state index in [9.17, 15) is 0 Å². The van der Waals surface area contributed by atoms with Gasteiger partial charge in [-0.15, -0.1) is 0 Å². The molecule has 1 N–H and O–H groups in total. The third-order valence-electron chi connectivity index (χ3n) is 2.10. The van der Waals surface area contributed by atoms with Crippen LogP contribution in [0.3, 0.4) is 0 Å². The smallest absolute Gasteiger partial charge is 0.248 e. The van der Waals surface area contributed by atoms with Gasteiger partial charge in [-0.2, -0.15) is 0 Å². The third kappa shape index (κ3) is 2.70. The summed E-state index contributed by atoms with van der Waals surface area (Å²) in [7, 11) is 0. The summed E-state index contributed by atoms with van der Waals surface area (Å²) >= 11 is 17.3. The number of imidazole rings is 1. The molecule has 0 radical (unpaired) electrons. The van der Waals surface area contributed by atoms with E-state index in [0.717, 1.165) is 17.1 Å². The predicted molar refractivity (Wildman–Crippen MR) is 68.9 cm³/mol. The molecular weight excluding hydrogens is 266 g/mol. The maximum atomic E-state index is 5.77. The molecule has 0 spiro atoms. The quantitative estimate of drug-likeness (QED) is 0.723. The molecular formula is C11H9Cl3N2. The number of hydrogen-bond acceptors (Lipinski definition) is 1. The van der Waals surface area contributed by atoms with Crippen LogP contribution < -0.4 is 10.7 Å². The molecule has 0 fully saturated rings. The van der Waals surface area contributed by atoms with Crippen molar-refractivity contribution in [3.8, 4) is 0 Å². The van der Waals surface area contributed by atoms with E-state index in [1.807, 2.05) is 36.5 Å². The first-order chi connectivity index (χ1) is 7.57. The number of hydrogen-bond donors (Lipinski definition) is 1. The number of aromatic nitrogens is 2. The van der Waals surface area contributed by atoms with Gasteiger partial charge in [-0.25, -0.2) is 4.98 Å². The summed E-state index contributed by atoms with van der Waals surface area (Å²) < 4.78 is -1.52. The molecule has 1 heterocycles. The van der Waals surface area contributed by atoms with Gasteiger partial charge in [0.25, 0.3) is 0 Å². The van der Waals surface area contributed by atoms with E-state index in [2.05, 4.69) is 9.97 Å². The van der Waals surface area contributed by atoms with Crippen LogP contribution in [0.15, 0.2) is 24.3 Å². The zero-order chi connectivity index (χ0) is 11.6. The highest BCUT2D eigenvalue weighted by Gasteiger charge is 2.26. The monoisotopic (exact) mass is 274 g/mol. The van der Waals surface area contributed by atoms with Gasteiger partial charge in [-0.05, 0) is 12.5 Å². The van der Waals surface area contributed by atoms with Crippen molar-refractivity contribution in [1.29, 1.82) is 0 Å². The Morgan fingerprint density at radius 3 is 2.75 bits per heavy atom. The molecule has 16 heavy (non-hydrogen) atoms. The van der Waals surface area contributed by atoms with Crippen molar-refractivity contribution in [3.05, 3.63) is 40.8 Å². The van der Waals surface area contributed by atoms with Gasteiger partial charge < -0.3 is 4.98 Å². The molecule has 1 aliphatic carbocycles. The van der Waals surface area contributed by atoms with Crippen LogP contribution in [0.5, 0.6) is 0 Å². The number of halogens is 3. The molecule has 5 heteroatoms. The van der Waals surface area contributed by atoms with Gasteiger partial charge in [0.05, 0.1) is 10.7 Å². The Morgan fingerprint density at radius 2 is 2.00 bits per heavy atom. The Hall–Kier alpha value is -0.700. The van der Waals surface area contributed by atoms with Crippen molar-refractivity contribution in [2.24, 2.45) is 0 Å². The van der Waals surface area contributed by atoms with Gasteiger partial charge in [0.1, 0.15) is 0 Å². The maximum absolute atomic E-state index is 5.77. The van der Waals surface area contributed by atoms with Crippen molar-refractivity contribution in [2.45, 2.75) is 10.2 Å². The second-order valence-electron chi connectivity index (χ2n) is 3.30.